The third-order valence-corrected chi connectivity index (χ3v) is 6.50. The number of rotatable bonds is 8. The number of amides is 1. The number of benzene rings is 2. The molecular formula is C25H30N4O2S. The minimum atomic E-state index is -0.150. The van der Waals surface area contributed by atoms with Crippen LogP contribution in [0.3, 0.4) is 0 Å². The van der Waals surface area contributed by atoms with Crippen molar-refractivity contribution in [2.24, 2.45) is 0 Å². The number of hydrogen-bond donors (Lipinski definition) is 1. The van der Waals surface area contributed by atoms with Gasteiger partial charge in [0.2, 0.25) is 0 Å². The normalized spacial score (nSPS) is 14.9. The highest BCUT2D eigenvalue weighted by atomic mass is 32.1. The Hall–Kier alpha value is -2.74. The van der Waals surface area contributed by atoms with Gasteiger partial charge in [-0.2, -0.15) is 0 Å². The third kappa shape index (κ3) is 6.16. The number of aryl methyl sites for hydroxylation is 1. The zero-order chi connectivity index (χ0) is 22.3. The van der Waals surface area contributed by atoms with E-state index in [4.69, 9.17) is 4.74 Å². The average molecular weight is 451 g/mol. The molecule has 6 nitrogen and oxygen atoms in total. The lowest BCUT2D eigenvalue weighted by Crippen LogP contribution is -2.45. The fourth-order valence-corrected chi connectivity index (χ4v) is 4.37. The zero-order valence-electron chi connectivity index (χ0n) is 18.7. The van der Waals surface area contributed by atoms with Crippen LogP contribution in [0.15, 0.2) is 53.9 Å². The number of thiazole rings is 1. The number of carbonyl (C=O) groups excluding carboxylic acids is 1. The van der Waals surface area contributed by atoms with Crippen LogP contribution < -0.4 is 10.1 Å². The van der Waals surface area contributed by atoms with Crippen molar-refractivity contribution >= 4 is 22.9 Å². The van der Waals surface area contributed by atoms with E-state index in [1.54, 1.807) is 23.5 Å². The first-order chi connectivity index (χ1) is 15.6. The van der Waals surface area contributed by atoms with E-state index in [2.05, 4.69) is 39.2 Å². The molecule has 0 bridgehead atoms. The van der Waals surface area contributed by atoms with Crippen LogP contribution in [0.4, 0.5) is 5.69 Å². The molecule has 0 radical (unpaired) electrons. The lowest BCUT2D eigenvalue weighted by molar-refractivity contribution is 0.102. The maximum absolute atomic E-state index is 12.7. The minimum Gasteiger partial charge on any atom is -0.487 e. The molecule has 0 atom stereocenters. The summed E-state index contributed by atoms with van der Waals surface area (Å²) in [6.45, 7) is 11.1. The van der Waals surface area contributed by atoms with E-state index >= 15 is 0 Å². The lowest BCUT2D eigenvalue weighted by atomic mass is 10.1. The fraction of sp³-hybridized carbons (Fsp3) is 0.360. The Kier molecular flexibility index (Phi) is 7.52. The molecule has 1 saturated heterocycles. The van der Waals surface area contributed by atoms with Gasteiger partial charge >= 0.3 is 0 Å². The number of piperazine rings is 1. The van der Waals surface area contributed by atoms with Crippen LogP contribution in [0.25, 0.3) is 0 Å². The summed E-state index contributed by atoms with van der Waals surface area (Å²) in [5.41, 5.74) is 3.52. The molecular weight excluding hydrogens is 420 g/mol. The van der Waals surface area contributed by atoms with Crippen LogP contribution in [0.2, 0.25) is 0 Å². The standard InChI is InChI=1S/C25H30N4O2S/c1-3-28-11-13-29(14-12-28)16-20-7-9-22(10-8-20)27-25(30)21-5-4-6-24(15-21)31-17-23-18-32-19(2)26-23/h4-10,15,18H,3,11-14,16-17H2,1-2H3,(H,27,30). The number of nitrogens with zero attached hydrogens (tertiary/aromatic N) is 3. The molecule has 2 aromatic carbocycles. The van der Waals surface area contributed by atoms with E-state index in [1.807, 2.05) is 36.6 Å². The van der Waals surface area contributed by atoms with Crippen molar-refractivity contribution in [3.8, 4) is 5.75 Å². The molecule has 1 aliphatic heterocycles. The number of nitrogens with one attached hydrogen (secondary N) is 1. The van der Waals surface area contributed by atoms with Crippen LogP contribution in [0, 0.1) is 6.92 Å². The lowest BCUT2D eigenvalue weighted by Gasteiger charge is -2.34. The first-order valence-corrected chi connectivity index (χ1v) is 12.0. The Morgan fingerprint density at radius 2 is 1.84 bits per heavy atom. The minimum absolute atomic E-state index is 0.150. The van der Waals surface area contributed by atoms with Crippen molar-refractivity contribution in [1.29, 1.82) is 0 Å². The Morgan fingerprint density at radius 1 is 1.09 bits per heavy atom. The summed E-state index contributed by atoms with van der Waals surface area (Å²) in [4.78, 5) is 22.1. The Bertz CT molecular complexity index is 1030. The monoisotopic (exact) mass is 450 g/mol. The summed E-state index contributed by atoms with van der Waals surface area (Å²) >= 11 is 1.60. The van der Waals surface area contributed by atoms with Crippen molar-refractivity contribution in [2.45, 2.75) is 27.0 Å². The summed E-state index contributed by atoms with van der Waals surface area (Å²) in [7, 11) is 0. The van der Waals surface area contributed by atoms with Gasteiger partial charge in [-0.1, -0.05) is 25.1 Å². The van der Waals surface area contributed by atoms with E-state index in [0.29, 0.717) is 17.9 Å². The molecule has 1 aromatic heterocycles. The second-order valence-electron chi connectivity index (χ2n) is 8.04. The van der Waals surface area contributed by atoms with Crippen molar-refractivity contribution in [2.75, 3.05) is 38.0 Å². The number of anilines is 1. The van der Waals surface area contributed by atoms with Crippen molar-refractivity contribution < 1.29 is 9.53 Å². The maximum Gasteiger partial charge on any atom is 0.255 e. The SMILES string of the molecule is CCN1CCN(Cc2ccc(NC(=O)c3cccc(OCc4csc(C)n4)c3)cc2)CC1. The van der Waals surface area contributed by atoms with Gasteiger partial charge in [-0.3, -0.25) is 9.69 Å². The Morgan fingerprint density at radius 3 is 2.53 bits per heavy atom. The molecule has 168 valence electrons. The molecule has 1 N–H and O–H groups in total. The maximum atomic E-state index is 12.7. The summed E-state index contributed by atoms with van der Waals surface area (Å²) in [5, 5.41) is 5.98. The van der Waals surface area contributed by atoms with E-state index in [-0.39, 0.29) is 5.91 Å². The van der Waals surface area contributed by atoms with E-state index < -0.39 is 0 Å². The Balaban J connectivity index is 1.29. The molecule has 7 heteroatoms. The van der Waals surface area contributed by atoms with Gasteiger partial charge in [0.15, 0.2) is 0 Å². The predicted octanol–water partition coefficient (Wildman–Crippen LogP) is 4.42. The second kappa shape index (κ2) is 10.7. The second-order valence-corrected chi connectivity index (χ2v) is 9.10. The number of ether oxygens (including phenoxy) is 1. The largest absolute Gasteiger partial charge is 0.487 e. The molecule has 3 aromatic rings. The molecule has 0 spiro atoms. The summed E-state index contributed by atoms with van der Waals surface area (Å²) < 4.78 is 5.80. The highest BCUT2D eigenvalue weighted by Crippen LogP contribution is 2.18. The van der Waals surface area contributed by atoms with E-state index in [0.717, 1.165) is 55.7 Å². The van der Waals surface area contributed by atoms with Gasteiger partial charge in [0.25, 0.3) is 5.91 Å². The van der Waals surface area contributed by atoms with Gasteiger partial charge in [0.1, 0.15) is 12.4 Å². The van der Waals surface area contributed by atoms with Crippen molar-refractivity contribution in [3.63, 3.8) is 0 Å². The van der Waals surface area contributed by atoms with Crippen LogP contribution >= 0.6 is 11.3 Å². The highest BCUT2D eigenvalue weighted by Gasteiger charge is 2.15. The van der Waals surface area contributed by atoms with Gasteiger partial charge in [0.05, 0.1) is 10.7 Å². The van der Waals surface area contributed by atoms with Crippen LogP contribution in [-0.4, -0.2) is 53.4 Å². The van der Waals surface area contributed by atoms with Crippen LogP contribution in [-0.2, 0) is 13.2 Å². The van der Waals surface area contributed by atoms with E-state index in [1.165, 1.54) is 5.56 Å². The summed E-state index contributed by atoms with van der Waals surface area (Å²) in [5.74, 6) is 0.505. The first-order valence-electron chi connectivity index (χ1n) is 11.1. The van der Waals surface area contributed by atoms with Gasteiger partial charge < -0.3 is 15.0 Å². The molecule has 32 heavy (non-hydrogen) atoms. The molecule has 0 unspecified atom stereocenters. The fourth-order valence-electron chi connectivity index (χ4n) is 3.78. The summed E-state index contributed by atoms with van der Waals surface area (Å²) in [6, 6.07) is 15.4. The van der Waals surface area contributed by atoms with Gasteiger partial charge in [-0.05, 0) is 49.4 Å². The third-order valence-electron chi connectivity index (χ3n) is 5.68. The molecule has 0 saturated carbocycles. The topological polar surface area (TPSA) is 57.7 Å². The van der Waals surface area contributed by atoms with Gasteiger partial charge in [0, 0.05) is 49.4 Å². The smallest absolute Gasteiger partial charge is 0.255 e. The quantitative estimate of drug-likeness (QED) is 0.551. The first kappa shape index (κ1) is 22.5. The van der Waals surface area contributed by atoms with Crippen molar-refractivity contribution in [1.82, 2.24) is 14.8 Å². The number of likely N-dealkylation sites (N-methyl/N-ethyl adjacent to an activating group) is 1. The molecule has 1 aliphatic rings. The predicted molar refractivity (Wildman–Crippen MR) is 129 cm³/mol. The number of hydrogen-bond acceptors (Lipinski definition) is 6. The molecule has 2 heterocycles. The highest BCUT2D eigenvalue weighted by molar-refractivity contribution is 7.09. The number of aromatic nitrogens is 1. The summed E-state index contributed by atoms with van der Waals surface area (Å²) in [6.07, 6.45) is 0. The van der Waals surface area contributed by atoms with Crippen LogP contribution in [0.1, 0.15) is 33.5 Å². The number of carbonyl (C=O) groups is 1. The van der Waals surface area contributed by atoms with Crippen LogP contribution in [0.5, 0.6) is 5.75 Å². The average Bonchev–Trinajstić information content (AvgIpc) is 3.25. The van der Waals surface area contributed by atoms with Gasteiger partial charge in [-0.25, -0.2) is 4.98 Å². The molecule has 0 aliphatic carbocycles. The van der Waals surface area contributed by atoms with Crippen molar-refractivity contribution in [3.05, 3.63) is 75.7 Å². The zero-order valence-corrected chi connectivity index (χ0v) is 19.5. The molecule has 1 fully saturated rings. The van der Waals surface area contributed by atoms with E-state index in [9.17, 15) is 4.79 Å². The Labute approximate surface area is 193 Å². The molecule has 4 rings (SSSR count). The molecule has 1 amide bonds. The van der Waals surface area contributed by atoms with Gasteiger partial charge in [-0.15, -0.1) is 11.3 Å².